The molecule has 0 aromatic carbocycles. The maximum Gasteiger partial charge on any atom is 0.290 e. The van der Waals surface area contributed by atoms with Crippen molar-refractivity contribution in [1.82, 2.24) is 15.5 Å². The second kappa shape index (κ2) is 5.07. The maximum atomic E-state index is 10.7. The lowest BCUT2D eigenvalue weighted by atomic mass is 10.0. The van der Waals surface area contributed by atoms with Gasteiger partial charge in [0.1, 0.15) is 0 Å². The van der Waals surface area contributed by atoms with Gasteiger partial charge >= 0.3 is 0 Å². The summed E-state index contributed by atoms with van der Waals surface area (Å²) >= 11 is 0. The number of aryl methyl sites for hydroxylation is 1. The molecule has 1 unspecified atom stereocenters. The predicted octanol–water partition coefficient (Wildman–Crippen LogP) is 0.243. The van der Waals surface area contributed by atoms with Crippen LogP contribution in [0.4, 0.5) is 0 Å². The Morgan fingerprint density at radius 1 is 1.56 bits per heavy atom. The lowest BCUT2D eigenvalue weighted by Gasteiger charge is -2.22. The summed E-state index contributed by atoms with van der Waals surface area (Å²) in [6.45, 7) is 1.08. The van der Waals surface area contributed by atoms with E-state index in [4.69, 9.17) is 10.3 Å². The summed E-state index contributed by atoms with van der Waals surface area (Å²) in [5, 5.41) is 6.94. The van der Waals surface area contributed by atoms with Crippen LogP contribution in [0.5, 0.6) is 0 Å². The molecule has 1 saturated heterocycles. The molecule has 1 fully saturated rings. The molecular formula is C10H16N4O2. The van der Waals surface area contributed by atoms with Gasteiger partial charge in [0.15, 0.2) is 0 Å². The lowest BCUT2D eigenvalue weighted by Crippen LogP contribution is -2.34. The largest absolute Gasteiger partial charge is 0.363 e. The van der Waals surface area contributed by atoms with Gasteiger partial charge in [-0.05, 0) is 25.8 Å². The van der Waals surface area contributed by atoms with Gasteiger partial charge in [0.25, 0.3) is 11.7 Å². The zero-order valence-electron chi connectivity index (χ0n) is 9.11. The smallest absolute Gasteiger partial charge is 0.290 e. The first-order chi connectivity index (χ1) is 7.75. The van der Waals surface area contributed by atoms with Gasteiger partial charge in [0.05, 0.1) is 0 Å². The second-order valence-electron chi connectivity index (χ2n) is 4.06. The van der Waals surface area contributed by atoms with Gasteiger partial charge in [0.2, 0.25) is 5.89 Å². The molecule has 0 aliphatic carbocycles. The standard InChI is InChI=1S/C10H16N4O2/c11-9(15)10-13-8(16-14-10)5-4-7-3-1-2-6-12-7/h7,12H,1-6H2,(H2,11,15). The Morgan fingerprint density at radius 3 is 3.06 bits per heavy atom. The lowest BCUT2D eigenvalue weighted by molar-refractivity contribution is 0.0987. The number of nitrogens with one attached hydrogen (secondary N) is 1. The van der Waals surface area contributed by atoms with Crippen molar-refractivity contribution < 1.29 is 9.32 Å². The Balaban J connectivity index is 1.81. The number of carbonyl (C=O) groups is 1. The van der Waals surface area contributed by atoms with Crippen molar-refractivity contribution in [3.05, 3.63) is 11.7 Å². The fraction of sp³-hybridized carbons (Fsp3) is 0.700. The fourth-order valence-electron chi connectivity index (χ4n) is 1.92. The Hall–Kier alpha value is -1.43. The van der Waals surface area contributed by atoms with E-state index in [0.29, 0.717) is 18.4 Å². The highest BCUT2D eigenvalue weighted by Crippen LogP contribution is 2.12. The number of nitrogens with two attached hydrogens (primary N) is 1. The van der Waals surface area contributed by atoms with Crippen LogP contribution in [0.15, 0.2) is 4.52 Å². The van der Waals surface area contributed by atoms with Gasteiger partial charge < -0.3 is 15.6 Å². The summed E-state index contributed by atoms with van der Waals surface area (Å²) in [5.41, 5.74) is 5.03. The first kappa shape index (κ1) is 11.1. The molecule has 0 bridgehead atoms. The number of rotatable bonds is 4. The van der Waals surface area contributed by atoms with Crippen LogP contribution in [0.3, 0.4) is 0 Å². The minimum absolute atomic E-state index is 0.0356. The summed E-state index contributed by atoms with van der Waals surface area (Å²) in [6.07, 6.45) is 5.37. The SMILES string of the molecule is NC(=O)c1noc(CCC2CCCCN2)n1. The van der Waals surface area contributed by atoms with Gasteiger partial charge in [-0.2, -0.15) is 4.98 Å². The Morgan fingerprint density at radius 2 is 2.44 bits per heavy atom. The van der Waals surface area contributed by atoms with Crippen LogP contribution >= 0.6 is 0 Å². The number of piperidine rings is 1. The Labute approximate surface area is 93.6 Å². The number of hydrogen-bond acceptors (Lipinski definition) is 5. The highest BCUT2D eigenvalue weighted by atomic mass is 16.5. The van der Waals surface area contributed by atoms with Gasteiger partial charge in [0, 0.05) is 12.5 Å². The average molecular weight is 224 g/mol. The summed E-state index contributed by atoms with van der Waals surface area (Å²) < 4.78 is 4.93. The monoisotopic (exact) mass is 224 g/mol. The summed E-state index contributed by atoms with van der Waals surface area (Å²) in [7, 11) is 0. The number of aromatic nitrogens is 2. The number of primary amides is 1. The number of carbonyl (C=O) groups excluding carboxylic acids is 1. The van der Waals surface area contributed by atoms with Crippen LogP contribution in [0.1, 0.15) is 42.2 Å². The van der Waals surface area contributed by atoms with Crippen LogP contribution in [0.2, 0.25) is 0 Å². The minimum atomic E-state index is -0.647. The number of nitrogens with zero attached hydrogens (tertiary/aromatic N) is 2. The van der Waals surface area contributed by atoms with Crippen LogP contribution < -0.4 is 11.1 Å². The van der Waals surface area contributed by atoms with E-state index in [0.717, 1.165) is 13.0 Å². The van der Waals surface area contributed by atoms with Crippen molar-refractivity contribution in [3.8, 4) is 0 Å². The normalized spacial score (nSPS) is 20.9. The second-order valence-corrected chi connectivity index (χ2v) is 4.06. The molecule has 0 radical (unpaired) electrons. The Kier molecular flexibility index (Phi) is 3.51. The maximum absolute atomic E-state index is 10.7. The zero-order valence-corrected chi connectivity index (χ0v) is 9.11. The molecule has 3 N–H and O–H groups in total. The quantitative estimate of drug-likeness (QED) is 0.764. The number of amides is 1. The molecule has 6 nitrogen and oxygen atoms in total. The van der Waals surface area contributed by atoms with Crippen molar-refractivity contribution in [2.24, 2.45) is 5.73 Å². The fourth-order valence-corrected chi connectivity index (χ4v) is 1.92. The summed E-state index contributed by atoms with van der Waals surface area (Å²) in [5.74, 6) is -0.196. The van der Waals surface area contributed by atoms with Crippen LogP contribution in [0, 0.1) is 0 Å². The van der Waals surface area contributed by atoms with Crippen LogP contribution in [-0.2, 0) is 6.42 Å². The van der Waals surface area contributed by atoms with Gasteiger partial charge in [-0.1, -0.05) is 11.6 Å². The summed E-state index contributed by atoms with van der Waals surface area (Å²) in [4.78, 5) is 14.7. The third-order valence-electron chi connectivity index (χ3n) is 2.81. The van der Waals surface area contributed by atoms with E-state index in [1.54, 1.807) is 0 Å². The molecule has 2 heterocycles. The predicted molar refractivity (Wildman–Crippen MR) is 56.8 cm³/mol. The molecule has 1 aliphatic rings. The highest BCUT2D eigenvalue weighted by Gasteiger charge is 2.15. The third-order valence-corrected chi connectivity index (χ3v) is 2.81. The minimum Gasteiger partial charge on any atom is -0.363 e. The van der Waals surface area contributed by atoms with E-state index in [2.05, 4.69) is 15.5 Å². The van der Waals surface area contributed by atoms with Gasteiger partial charge in [-0.15, -0.1) is 0 Å². The van der Waals surface area contributed by atoms with Crippen molar-refractivity contribution >= 4 is 5.91 Å². The van der Waals surface area contributed by atoms with Crippen molar-refractivity contribution in [2.45, 2.75) is 38.1 Å². The zero-order chi connectivity index (χ0) is 11.4. The molecule has 1 amide bonds. The Bertz CT molecular complexity index is 357. The summed E-state index contributed by atoms with van der Waals surface area (Å²) in [6, 6.07) is 0.526. The molecule has 0 spiro atoms. The highest BCUT2D eigenvalue weighted by molar-refractivity contribution is 5.88. The molecule has 1 atom stereocenters. The molecule has 2 rings (SSSR count). The average Bonchev–Trinajstić information content (AvgIpc) is 2.76. The van der Waals surface area contributed by atoms with E-state index < -0.39 is 5.91 Å². The van der Waals surface area contributed by atoms with Crippen LogP contribution in [0.25, 0.3) is 0 Å². The molecule has 1 aromatic heterocycles. The van der Waals surface area contributed by atoms with Gasteiger partial charge in [-0.3, -0.25) is 4.79 Å². The van der Waals surface area contributed by atoms with E-state index in [1.165, 1.54) is 19.3 Å². The van der Waals surface area contributed by atoms with E-state index in [9.17, 15) is 4.79 Å². The molecule has 6 heteroatoms. The number of hydrogen-bond donors (Lipinski definition) is 2. The molecule has 88 valence electrons. The molecule has 0 saturated carbocycles. The molecule has 16 heavy (non-hydrogen) atoms. The first-order valence-corrected chi connectivity index (χ1v) is 5.61. The molecule has 1 aromatic rings. The first-order valence-electron chi connectivity index (χ1n) is 5.61. The topological polar surface area (TPSA) is 94.0 Å². The van der Waals surface area contributed by atoms with E-state index >= 15 is 0 Å². The van der Waals surface area contributed by atoms with E-state index in [1.807, 2.05) is 0 Å². The van der Waals surface area contributed by atoms with Gasteiger partial charge in [-0.25, -0.2) is 0 Å². The van der Waals surface area contributed by atoms with Crippen LogP contribution in [-0.4, -0.2) is 28.6 Å². The van der Waals surface area contributed by atoms with E-state index in [-0.39, 0.29) is 5.82 Å². The van der Waals surface area contributed by atoms with Crippen molar-refractivity contribution in [3.63, 3.8) is 0 Å². The van der Waals surface area contributed by atoms with Crippen molar-refractivity contribution in [1.29, 1.82) is 0 Å². The molecule has 1 aliphatic heterocycles. The third kappa shape index (κ3) is 2.79. The van der Waals surface area contributed by atoms with Crippen molar-refractivity contribution in [2.75, 3.05) is 6.54 Å². The molecular weight excluding hydrogens is 208 g/mol.